The minimum Gasteiger partial charge on any atom is -0.490 e. The molecular formula is C22H18Cl2N2O6. The second-order valence-corrected chi connectivity index (χ2v) is 7.01. The summed E-state index contributed by atoms with van der Waals surface area (Å²) in [5.74, 6) is -0.170. The van der Waals surface area contributed by atoms with Crippen LogP contribution in [0.2, 0.25) is 10.0 Å². The number of ether oxygens (including phenoxy) is 3. The minimum absolute atomic E-state index is 0.0721. The Morgan fingerprint density at radius 2 is 1.88 bits per heavy atom. The molecule has 0 saturated heterocycles. The Bertz CT molecular complexity index is 1120. The lowest BCUT2D eigenvalue weighted by Gasteiger charge is -2.10. The third-order valence-corrected chi connectivity index (χ3v) is 4.38. The molecule has 0 bridgehead atoms. The van der Waals surface area contributed by atoms with Crippen LogP contribution in [0.5, 0.6) is 17.2 Å². The van der Waals surface area contributed by atoms with Gasteiger partial charge in [0.25, 0.3) is 5.91 Å². The fraction of sp³-hybridized carbons (Fsp3) is 0.136. The van der Waals surface area contributed by atoms with Crippen molar-refractivity contribution >= 4 is 41.3 Å². The molecule has 1 amide bonds. The van der Waals surface area contributed by atoms with E-state index in [9.17, 15) is 9.59 Å². The fourth-order valence-corrected chi connectivity index (χ4v) is 2.91. The van der Waals surface area contributed by atoms with Crippen LogP contribution in [-0.2, 0) is 4.79 Å². The Kier molecular flexibility index (Phi) is 8.13. The number of halogens is 2. The largest absolute Gasteiger partial charge is 0.490 e. The Morgan fingerprint density at radius 1 is 1.06 bits per heavy atom. The molecule has 32 heavy (non-hydrogen) atoms. The lowest BCUT2D eigenvalue weighted by atomic mass is 10.2. The van der Waals surface area contributed by atoms with Crippen molar-refractivity contribution in [2.24, 2.45) is 5.10 Å². The predicted octanol–water partition coefficient (Wildman–Crippen LogP) is 4.73. The number of amides is 1. The average Bonchev–Trinajstić information content (AvgIpc) is 3.30. The van der Waals surface area contributed by atoms with Gasteiger partial charge in [-0.1, -0.05) is 23.2 Å². The van der Waals surface area contributed by atoms with Crippen molar-refractivity contribution in [3.05, 3.63) is 76.2 Å². The molecule has 1 heterocycles. The van der Waals surface area contributed by atoms with Crippen LogP contribution in [0.4, 0.5) is 0 Å². The summed E-state index contributed by atoms with van der Waals surface area (Å²) in [5, 5.41) is 4.64. The number of hydrogen-bond acceptors (Lipinski definition) is 7. The van der Waals surface area contributed by atoms with Gasteiger partial charge in [-0.05, 0) is 61.0 Å². The molecule has 0 aliphatic heterocycles. The zero-order valence-electron chi connectivity index (χ0n) is 16.8. The molecule has 0 unspecified atom stereocenters. The number of rotatable bonds is 9. The van der Waals surface area contributed by atoms with E-state index in [2.05, 4.69) is 10.5 Å². The smallest absolute Gasteiger partial charge is 0.379 e. The molecule has 166 valence electrons. The maximum Gasteiger partial charge on any atom is 0.379 e. The first-order valence-corrected chi connectivity index (χ1v) is 10.1. The minimum atomic E-state index is -0.648. The molecular weight excluding hydrogens is 459 g/mol. The van der Waals surface area contributed by atoms with Crippen molar-refractivity contribution in [1.82, 2.24) is 5.43 Å². The van der Waals surface area contributed by atoms with Gasteiger partial charge in [-0.3, -0.25) is 4.79 Å². The van der Waals surface area contributed by atoms with Crippen molar-refractivity contribution in [3.63, 3.8) is 0 Å². The quantitative estimate of drug-likeness (QED) is 0.207. The summed E-state index contributed by atoms with van der Waals surface area (Å²) in [5.41, 5.74) is 2.95. The van der Waals surface area contributed by atoms with Crippen molar-refractivity contribution in [2.75, 3.05) is 13.2 Å². The number of benzene rings is 2. The van der Waals surface area contributed by atoms with Gasteiger partial charge in [0.2, 0.25) is 5.76 Å². The summed E-state index contributed by atoms with van der Waals surface area (Å²) in [7, 11) is 0. The van der Waals surface area contributed by atoms with Gasteiger partial charge in [-0.25, -0.2) is 10.2 Å². The predicted molar refractivity (Wildman–Crippen MR) is 119 cm³/mol. The highest BCUT2D eigenvalue weighted by Gasteiger charge is 2.15. The summed E-state index contributed by atoms with van der Waals surface area (Å²) in [6, 6.07) is 12.6. The maximum atomic E-state index is 12.1. The van der Waals surface area contributed by atoms with Gasteiger partial charge in [0, 0.05) is 5.02 Å². The third kappa shape index (κ3) is 6.50. The highest BCUT2D eigenvalue weighted by molar-refractivity contribution is 6.35. The fourth-order valence-electron chi connectivity index (χ4n) is 2.45. The molecule has 8 nitrogen and oxygen atoms in total. The Morgan fingerprint density at radius 3 is 2.59 bits per heavy atom. The van der Waals surface area contributed by atoms with Crippen LogP contribution in [0.1, 0.15) is 23.0 Å². The lowest BCUT2D eigenvalue weighted by molar-refractivity contribution is -0.123. The summed E-state index contributed by atoms with van der Waals surface area (Å²) >= 11 is 11.8. The normalized spacial score (nSPS) is 10.7. The molecule has 0 radical (unpaired) electrons. The van der Waals surface area contributed by atoms with Gasteiger partial charge in [-0.15, -0.1) is 0 Å². The van der Waals surface area contributed by atoms with Gasteiger partial charge in [0.05, 0.1) is 24.1 Å². The van der Waals surface area contributed by atoms with Crippen molar-refractivity contribution in [2.45, 2.75) is 6.92 Å². The number of hydrazone groups is 1. The van der Waals surface area contributed by atoms with E-state index >= 15 is 0 Å². The van der Waals surface area contributed by atoms with Crippen molar-refractivity contribution in [1.29, 1.82) is 0 Å². The van der Waals surface area contributed by atoms with E-state index in [4.69, 9.17) is 41.8 Å². The zero-order valence-corrected chi connectivity index (χ0v) is 18.4. The standard InChI is InChI=1S/C22H18Cl2N2O6/c1-2-29-20-10-14(5-7-18(20)32-22(28)19-4-3-9-30-19)12-25-26-21(27)13-31-17-8-6-15(23)11-16(17)24/h3-12H,2,13H2,1H3,(H,26,27)/b25-12+. The molecule has 10 heteroatoms. The summed E-state index contributed by atoms with van der Waals surface area (Å²) in [6.45, 7) is 1.86. The molecule has 1 aromatic heterocycles. The molecule has 0 aliphatic rings. The number of hydrogen-bond donors (Lipinski definition) is 1. The van der Waals surface area contributed by atoms with Crippen molar-refractivity contribution in [3.8, 4) is 17.2 Å². The van der Waals surface area contributed by atoms with Gasteiger partial charge in [0.1, 0.15) is 5.75 Å². The Labute approximate surface area is 193 Å². The first-order valence-electron chi connectivity index (χ1n) is 9.38. The maximum absolute atomic E-state index is 12.1. The van der Waals surface area contributed by atoms with Gasteiger partial charge in [0.15, 0.2) is 18.1 Å². The Hall–Kier alpha value is -3.49. The SMILES string of the molecule is CCOc1cc(/C=N/NC(=O)COc2ccc(Cl)cc2Cl)ccc1OC(=O)c1ccco1. The second-order valence-electron chi connectivity index (χ2n) is 6.16. The van der Waals surface area contributed by atoms with E-state index in [-0.39, 0.29) is 18.1 Å². The molecule has 0 aliphatic carbocycles. The van der Waals surface area contributed by atoms with Crippen LogP contribution in [0.25, 0.3) is 0 Å². The second kappa shape index (κ2) is 11.2. The molecule has 0 spiro atoms. The van der Waals surface area contributed by atoms with Gasteiger partial charge < -0.3 is 18.6 Å². The van der Waals surface area contributed by atoms with E-state index < -0.39 is 11.9 Å². The number of carbonyl (C=O) groups excluding carboxylic acids is 2. The summed E-state index contributed by atoms with van der Waals surface area (Å²) < 4.78 is 21.2. The van der Waals surface area contributed by atoms with Gasteiger partial charge >= 0.3 is 5.97 Å². The molecule has 0 atom stereocenters. The number of carbonyl (C=O) groups is 2. The van der Waals surface area contributed by atoms with Crippen molar-refractivity contribution < 1.29 is 28.2 Å². The molecule has 2 aromatic carbocycles. The molecule has 3 aromatic rings. The highest BCUT2D eigenvalue weighted by Crippen LogP contribution is 2.29. The summed E-state index contributed by atoms with van der Waals surface area (Å²) in [6.07, 6.45) is 2.79. The third-order valence-electron chi connectivity index (χ3n) is 3.85. The van der Waals surface area contributed by atoms with E-state index in [1.165, 1.54) is 24.6 Å². The van der Waals surface area contributed by atoms with Crippen LogP contribution >= 0.6 is 23.2 Å². The topological polar surface area (TPSA) is 99.4 Å². The Balaban J connectivity index is 1.58. The molecule has 0 fully saturated rings. The number of furan rings is 1. The van der Waals surface area contributed by atoms with Crippen LogP contribution in [0.15, 0.2) is 64.3 Å². The van der Waals surface area contributed by atoms with E-state index in [1.807, 2.05) is 0 Å². The lowest BCUT2D eigenvalue weighted by Crippen LogP contribution is -2.24. The van der Waals surface area contributed by atoms with E-state index in [0.29, 0.717) is 33.7 Å². The monoisotopic (exact) mass is 476 g/mol. The number of nitrogens with zero attached hydrogens (tertiary/aromatic N) is 1. The van der Waals surface area contributed by atoms with Crippen LogP contribution in [-0.4, -0.2) is 31.3 Å². The van der Waals surface area contributed by atoms with Crippen LogP contribution < -0.4 is 19.6 Å². The molecule has 3 rings (SSSR count). The molecule has 1 N–H and O–H groups in total. The van der Waals surface area contributed by atoms with Gasteiger partial charge in [-0.2, -0.15) is 5.10 Å². The van der Waals surface area contributed by atoms with E-state index in [0.717, 1.165) is 0 Å². The van der Waals surface area contributed by atoms with Crippen LogP contribution in [0.3, 0.4) is 0 Å². The van der Waals surface area contributed by atoms with E-state index in [1.54, 1.807) is 43.3 Å². The number of esters is 1. The average molecular weight is 477 g/mol. The van der Waals surface area contributed by atoms with Crippen LogP contribution in [0, 0.1) is 0 Å². The number of nitrogens with one attached hydrogen (secondary N) is 1. The highest BCUT2D eigenvalue weighted by atomic mass is 35.5. The first-order chi connectivity index (χ1) is 15.5. The first kappa shape index (κ1) is 23.2. The zero-order chi connectivity index (χ0) is 22.9. The summed E-state index contributed by atoms with van der Waals surface area (Å²) in [4.78, 5) is 24.0. The molecule has 0 saturated carbocycles.